The van der Waals surface area contributed by atoms with E-state index in [1.165, 1.54) is 0 Å². The number of aromatic nitrogens is 2. The molecule has 25 heavy (non-hydrogen) atoms. The predicted molar refractivity (Wildman–Crippen MR) is 101 cm³/mol. The van der Waals surface area contributed by atoms with Crippen molar-refractivity contribution in [3.63, 3.8) is 0 Å². The smallest absolute Gasteiger partial charge is 0.161 e. The van der Waals surface area contributed by atoms with Crippen molar-refractivity contribution in [1.82, 2.24) is 9.97 Å². The number of allylic oxidation sites excluding steroid dienone is 1. The highest BCUT2D eigenvalue weighted by molar-refractivity contribution is 9.10. The molecule has 2 aromatic carbocycles. The Morgan fingerprint density at radius 2 is 2.20 bits per heavy atom. The van der Waals surface area contributed by atoms with Crippen LogP contribution in [0.5, 0.6) is 11.5 Å². The molecule has 0 atom stereocenters. The zero-order valence-electron chi connectivity index (χ0n) is 13.8. The van der Waals surface area contributed by atoms with Gasteiger partial charge in [-0.25, -0.2) is 4.98 Å². The maximum atomic E-state index is 9.92. The molecule has 0 spiro atoms. The highest BCUT2D eigenvalue weighted by Gasteiger charge is 2.12. The highest BCUT2D eigenvalue weighted by atomic mass is 79.9. The maximum absolute atomic E-state index is 9.92. The highest BCUT2D eigenvalue weighted by Crippen LogP contribution is 2.34. The molecule has 1 aromatic heterocycles. The second-order valence-electron chi connectivity index (χ2n) is 5.55. The molecule has 2 N–H and O–H groups in total. The van der Waals surface area contributed by atoms with E-state index in [9.17, 15) is 10.4 Å². The first-order chi connectivity index (χ1) is 12.0. The van der Waals surface area contributed by atoms with Gasteiger partial charge in [-0.1, -0.05) is 22.0 Å². The molecule has 0 fully saturated rings. The van der Waals surface area contributed by atoms with Gasteiger partial charge >= 0.3 is 0 Å². The van der Waals surface area contributed by atoms with Crippen molar-refractivity contribution >= 4 is 38.6 Å². The average molecular weight is 398 g/mol. The van der Waals surface area contributed by atoms with E-state index < -0.39 is 0 Å². The summed E-state index contributed by atoms with van der Waals surface area (Å²) < 4.78 is 6.07. The summed E-state index contributed by atoms with van der Waals surface area (Å²) in [5.74, 6) is 0.916. The Morgan fingerprint density at radius 1 is 1.40 bits per heavy atom. The first-order valence-electron chi connectivity index (χ1n) is 7.75. The van der Waals surface area contributed by atoms with Crippen molar-refractivity contribution in [2.45, 2.75) is 13.8 Å². The third kappa shape index (κ3) is 3.52. The minimum Gasteiger partial charge on any atom is -0.504 e. The van der Waals surface area contributed by atoms with Crippen LogP contribution in [-0.2, 0) is 0 Å². The normalized spacial score (nSPS) is 11.5. The number of fused-ring (bicyclic) bond motifs is 1. The molecule has 0 unspecified atom stereocenters. The number of hydrogen-bond acceptors (Lipinski definition) is 4. The van der Waals surface area contributed by atoms with Crippen LogP contribution in [0.25, 0.3) is 22.7 Å². The topological polar surface area (TPSA) is 81.9 Å². The van der Waals surface area contributed by atoms with Crippen LogP contribution in [0, 0.1) is 18.3 Å². The first-order valence-corrected chi connectivity index (χ1v) is 8.55. The predicted octanol–water partition coefficient (Wildman–Crippen LogP) is 4.80. The third-order valence-electron chi connectivity index (χ3n) is 3.69. The summed E-state index contributed by atoms with van der Waals surface area (Å²) in [5.41, 5.74) is 3.92. The fourth-order valence-corrected chi connectivity index (χ4v) is 2.95. The lowest BCUT2D eigenvalue weighted by Crippen LogP contribution is -1.93. The molecule has 0 bridgehead atoms. The van der Waals surface area contributed by atoms with E-state index in [2.05, 4.69) is 32.0 Å². The summed E-state index contributed by atoms with van der Waals surface area (Å²) in [6.07, 6.45) is 1.70. The molecule has 0 aliphatic carbocycles. The molecule has 1 heterocycles. The van der Waals surface area contributed by atoms with Gasteiger partial charge in [0, 0.05) is 4.47 Å². The van der Waals surface area contributed by atoms with Gasteiger partial charge in [0.05, 0.1) is 23.2 Å². The lowest BCUT2D eigenvalue weighted by molar-refractivity contribution is 0.318. The number of aromatic hydroxyl groups is 1. The number of nitrogens with zero attached hydrogens (tertiary/aromatic N) is 2. The number of ether oxygens (including phenoxy) is 1. The molecule has 0 saturated heterocycles. The number of phenols is 1. The van der Waals surface area contributed by atoms with Crippen molar-refractivity contribution in [3.05, 3.63) is 51.8 Å². The second kappa shape index (κ2) is 6.99. The number of hydrogen-bond donors (Lipinski definition) is 2. The first kappa shape index (κ1) is 17.1. The zero-order chi connectivity index (χ0) is 18.0. The molecular weight excluding hydrogens is 382 g/mol. The van der Waals surface area contributed by atoms with Crippen LogP contribution >= 0.6 is 15.9 Å². The van der Waals surface area contributed by atoms with Crippen LogP contribution in [0.3, 0.4) is 0 Å². The third-order valence-corrected chi connectivity index (χ3v) is 4.38. The monoisotopic (exact) mass is 397 g/mol. The molecule has 5 nitrogen and oxygen atoms in total. The molecule has 126 valence electrons. The van der Waals surface area contributed by atoms with Crippen molar-refractivity contribution in [2.24, 2.45) is 0 Å². The Bertz CT molecular complexity index is 1020. The van der Waals surface area contributed by atoms with Gasteiger partial charge < -0.3 is 14.8 Å². The van der Waals surface area contributed by atoms with Crippen LogP contribution in [0.2, 0.25) is 0 Å². The van der Waals surface area contributed by atoms with Crippen LogP contribution in [0.4, 0.5) is 0 Å². The van der Waals surface area contributed by atoms with Gasteiger partial charge in [-0.05, 0) is 55.3 Å². The molecule has 0 radical (unpaired) electrons. The molecule has 0 aliphatic rings. The number of imidazole rings is 1. The summed E-state index contributed by atoms with van der Waals surface area (Å²) in [5, 5.41) is 19.5. The van der Waals surface area contributed by atoms with E-state index in [0.717, 1.165) is 22.2 Å². The van der Waals surface area contributed by atoms with E-state index in [4.69, 9.17) is 4.74 Å². The van der Waals surface area contributed by atoms with Gasteiger partial charge in [0.15, 0.2) is 11.5 Å². The fraction of sp³-hybridized carbons (Fsp3) is 0.158. The Labute approximate surface area is 153 Å². The van der Waals surface area contributed by atoms with Crippen LogP contribution in [0.1, 0.15) is 23.9 Å². The zero-order valence-corrected chi connectivity index (χ0v) is 15.4. The van der Waals surface area contributed by atoms with Crippen molar-refractivity contribution < 1.29 is 9.84 Å². The van der Waals surface area contributed by atoms with Crippen molar-refractivity contribution in [2.75, 3.05) is 6.61 Å². The van der Waals surface area contributed by atoms with Gasteiger partial charge in [-0.15, -0.1) is 0 Å². The van der Waals surface area contributed by atoms with E-state index in [1.807, 2.05) is 32.0 Å². The number of nitrogens with one attached hydrogen (secondary N) is 1. The second-order valence-corrected chi connectivity index (χ2v) is 6.40. The Balaban J connectivity index is 2.08. The number of H-pyrrole nitrogens is 1. The van der Waals surface area contributed by atoms with Gasteiger partial charge in [-0.3, -0.25) is 0 Å². The molecule has 0 saturated carbocycles. The minimum atomic E-state index is 0.0450. The number of rotatable bonds is 4. The van der Waals surface area contributed by atoms with E-state index in [1.54, 1.807) is 18.2 Å². The molecule has 6 heteroatoms. The maximum Gasteiger partial charge on any atom is 0.161 e. The Hall–Kier alpha value is -2.78. The summed E-state index contributed by atoms with van der Waals surface area (Å²) in [7, 11) is 0. The van der Waals surface area contributed by atoms with Gasteiger partial charge in [0.25, 0.3) is 0 Å². The summed E-state index contributed by atoms with van der Waals surface area (Å²) in [6, 6.07) is 11.3. The summed E-state index contributed by atoms with van der Waals surface area (Å²) in [4.78, 5) is 7.67. The van der Waals surface area contributed by atoms with Crippen LogP contribution in [-0.4, -0.2) is 21.7 Å². The van der Waals surface area contributed by atoms with E-state index >= 15 is 0 Å². The Kier molecular flexibility index (Phi) is 4.77. The van der Waals surface area contributed by atoms with Crippen LogP contribution < -0.4 is 4.74 Å². The number of nitriles is 1. The largest absolute Gasteiger partial charge is 0.504 e. The van der Waals surface area contributed by atoms with E-state index in [-0.39, 0.29) is 5.75 Å². The number of benzene rings is 2. The number of phenolic OH excluding ortho intramolecular Hbond substituents is 1. The molecule has 3 aromatic rings. The number of halogens is 1. The number of aryl methyl sites for hydroxylation is 1. The SMILES string of the molecule is CCOc1cc(/C=C(\C#N)c2nc3ccc(C)cc3[nH]2)c(Br)cc1O. The summed E-state index contributed by atoms with van der Waals surface area (Å²) >= 11 is 3.41. The number of aromatic amines is 1. The van der Waals surface area contributed by atoms with Gasteiger partial charge in [0.1, 0.15) is 11.9 Å². The van der Waals surface area contributed by atoms with Crippen molar-refractivity contribution in [3.8, 4) is 17.6 Å². The molecule has 3 rings (SSSR count). The lowest BCUT2D eigenvalue weighted by Gasteiger charge is -2.08. The van der Waals surface area contributed by atoms with Gasteiger partial charge in [-0.2, -0.15) is 5.26 Å². The lowest BCUT2D eigenvalue weighted by atomic mass is 10.1. The van der Waals surface area contributed by atoms with E-state index in [0.29, 0.717) is 28.2 Å². The van der Waals surface area contributed by atoms with Gasteiger partial charge in [0.2, 0.25) is 0 Å². The molecule has 0 amide bonds. The summed E-state index contributed by atoms with van der Waals surface area (Å²) in [6.45, 7) is 4.28. The van der Waals surface area contributed by atoms with Crippen LogP contribution in [0.15, 0.2) is 34.8 Å². The Morgan fingerprint density at radius 3 is 2.92 bits per heavy atom. The fourth-order valence-electron chi connectivity index (χ4n) is 2.50. The molecular formula is C19H16BrN3O2. The molecule has 0 aliphatic heterocycles. The minimum absolute atomic E-state index is 0.0450. The standard InChI is InChI=1S/C19H16BrN3O2/c1-3-25-18-8-12(14(20)9-17(18)24)7-13(10-21)19-22-15-5-4-11(2)6-16(15)23-19/h4-9,24H,3H2,1-2H3,(H,22,23)/b13-7+. The average Bonchev–Trinajstić information content (AvgIpc) is 2.99. The quantitative estimate of drug-likeness (QED) is 0.619. The van der Waals surface area contributed by atoms with Crippen molar-refractivity contribution in [1.29, 1.82) is 5.26 Å².